The molecule has 1 aromatic heterocycles. The first-order valence-corrected chi connectivity index (χ1v) is 11.0. The Morgan fingerprint density at radius 1 is 0.971 bits per heavy atom. The summed E-state index contributed by atoms with van der Waals surface area (Å²) >= 11 is 0. The van der Waals surface area contributed by atoms with Gasteiger partial charge in [-0.05, 0) is 12.2 Å². The van der Waals surface area contributed by atoms with E-state index in [9.17, 15) is 14.4 Å². The van der Waals surface area contributed by atoms with Crippen LogP contribution in [-0.4, -0.2) is 115 Å². The van der Waals surface area contributed by atoms with Gasteiger partial charge in [-0.25, -0.2) is 9.69 Å². The fourth-order valence-corrected chi connectivity index (χ4v) is 3.98. The maximum Gasteiger partial charge on any atom is 0.276 e. The van der Waals surface area contributed by atoms with Gasteiger partial charge in [0.25, 0.3) is 17.7 Å². The van der Waals surface area contributed by atoms with Crippen molar-refractivity contribution in [1.82, 2.24) is 24.6 Å². The summed E-state index contributed by atoms with van der Waals surface area (Å²) in [5.41, 5.74) is 0.986. The molecule has 0 aromatic carbocycles. The number of hydrogen-bond acceptors (Lipinski definition) is 8. The Hall–Kier alpha value is -3.51. The van der Waals surface area contributed by atoms with Crippen molar-refractivity contribution >= 4 is 29.5 Å². The van der Waals surface area contributed by atoms with Gasteiger partial charge in [-0.3, -0.25) is 14.4 Å². The molecule has 3 aliphatic heterocycles. The Morgan fingerprint density at radius 2 is 1.56 bits per heavy atom. The van der Waals surface area contributed by atoms with Crippen molar-refractivity contribution in [1.29, 1.82) is 0 Å². The van der Waals surface area contributed by atoms with Crippen molar-refractivity contribution in [3.63, 3.8) is 0 Å². The first-order chi connectivity index (χ1) is 16.4. The van der Waals surface area contributed by atoms with Gasteiger partial charge >= 0.3 is 0 Å². The summed E-state index contributed by atoms with van der Waals surface area (Å²) in [6.45, 7) is 3.69. The molecule has 2 fully saturated rings. The van der Waals surface area contributed by atoms with E-state index in [1.165, 1.54) is 24.9 Å². The second-order valence-electron chi connectivity index (χ2n) is 7.92. The SMILES string of the molecule is COc1c(C=C/C=C2\C(=O)N(C)N=C2C(=O)N2CCOCC2)c(C(=O)N2CCOCC2)nn1C. The molecule has 3 amide bonds. The Bertz CT molecular complexity index is 1060. The third kappa shape index (κ3) is 4.59. The summed E-state index contributed by atoms with van der Waals surface area (Å²) in [5.74, 6) is -0.526. The van der Waals surface area contributed by atoms with E-state index in [1.54, 1.807) is 29.0 Å². The number of allylic oxidation sites excluding steroid dienone is 2. The minimum atomic E-state index is -0.385. The lowest BCUT2D eigenvalue weighted by atomic mass is 10.1. The van der Waals surface area contributed by atoms with Crippen LogP contribution in [0.1, 0.15) is 16.1 Å². The number of morpholine rings is 2. The third-order valence-electron chi connectivity index (χ3n) is 5.78. The summed E-state index contributed by atoms with van der Waals surface area (Å²) in [5, 5.41) is 9.65. The summed E-state index contributed by atoms with van der Waals surface area (Å²) in [6.07, 6.45) is 4.78. The average molecular weight is 473 g/mol. The van der Waals surface area contributed by atoms with E-state index in [0.29, 0.717) is 64.0 Å². The minimum Gasteiger partial charge on any atom is -0.481 e. The van der Waals surface area contributed by atoms with Crippen molar-refractivity contribution in [2.45, 2.75) is 0 Å². The lowest BCUT2D eigenvalue weighted by molar-refractivity contribution is -0.128. The Kier molecular flexibility index (Phi) is 7.08. The Labute approximate surface area is 197 Å². The summed E-state index contributed by atoms with van der Waals surface area (Å²) in [6, 6.07) is 0. The van der Waals surface area contributed by atoms with Gasteiger partial charge in [-0.15, -0.1) is 0 Å². The van der Waals surface area contributed by atoms with Crippen LogP contribution in [0.2, 0.25) is 0 Å². The van der Waals surface area contributed by atoms with E-state index in [2.05, 4.69) is 10.2 Å². The molecular weight excluding hydrogens is 444 g/mol. The maximum atomic E-state index is 13.1. The van der Waals surface area contributed by atoms with E-state index in [1.807, 2.05) is 0 Å². The molecule has 0 radical (unpaired) electrons. The van der Waals surface area contributed by atoms with Gasteiger partial charge in [0, 0.05) is 40.3 Å². The van der Waals surface area contributed by atoms with Gasteiger partial charge in [0.05, 0.1) is 44.7 Å². The third-order valence-corrected chi connectivity index (χ3v) is 5.78. The van der Waals surface area contributed by atoms with E-state index < -0.39 is 0 Å². The van der Waals surface area contributed by atoms with Crippen molar-refractivity contribution in [3.05, 3.63) is 29.0 Å². The number of carbonyl (C=O) groups excluding carboxylic acids is 3. The van der Waals surface area contributed by atoms with Crippen molar-refractivity contribution < 1.29 is 28.6 Å². The molecule has 12 nitrogen and oxygen atoms in total. The molecule has 34 heavy (non-hydrogen) atoms. The Morgan fingerprint density at radius 3 is 2.15 bits per heavy atom. The van der Waals surface area contributed by atoms with Crippen LogP contribution in [0, 0.1) is 0 Å². The lowest BCUT2D eigenvalue weighted by Gasteiger charge is -2.26. The average Bonchev–Trinajstić information content (AvgIpc) is 3.34. The zero-order valence-electron chi connectivity index (χ0n) is 19.5. The predicted molar refractivity (Wildman–Crippen MR) is 121 cm³/mol. The van der Waals surface area contributed by atoms with Crippen LogP contribution in [0.5, 0.6) is 5.88 Å². The first-order valence-electron chi connectivity index (χ1n) is 11.0. The highest BCUT2D eigenvalue weighted by molar-refractivity contribution is 6.52. The first kappa shape index (κ1) is 23.6. The molecule has 0 N–H and O–H groups in total. The molecule has 0 saturated carbocycles. The number of hydrogen-bond donors (Lipinski definition) is 0. The van der Waals surface area contributed by atoms with Crippen molar-refractivity contribution in [3.8, 4) is 5.88 Å². The normalized spacial score (nSPS) is 20.4. The summed E-state index contributed by atoms with van der Waals surface area (Å²) in [4.78, 5) is 42.0. The van der Waals surface area contributed by atoms with Crippen LogP contribution in [0.15, 0.2) is 22.8 Å². The van der Waals surface area contributed by atoms with Gasteiger partial charge in [-0.1, -0.05) is 6.08 Å². The number of rotatable bonds is 5. The van der Waals surface area contributed by atoms with E-state index in [-0.39, 0.29) is 34.7 Å². The van der Waals surface area contributed by atoms with E-state index in [0.717, 1.165) is 5.01 Å². The van der Waals surface area contributed by atoms with Crippen LogP contribution in [0.4, 0.5) is 0 Å². The molecule has 0 atom stereocenters. The number of nitrogens with zero attached hydrogens (tertiary/aromatic N) is 6. The molecule has 182 valence electrons. The largest absolute Gasteiger partial charge is 0.481 e. The number of methoxy groups -OCH3 is 1. The molecule has 0 spiro atoms. The highest BCUT2D eigenvalue weighted by Gasteiger charge is 2.35. The van der Waals surface area contributed by atoms with Gasteiger partial charge in [0.15, 0.2) is 11.4 Å². The topological polar surface area (TPSA) is 119 Å². The van der Waals surface area contributed by atoms with Gasteiger partial charge < -0.3 is 24.0 Å². The van der Waals surface area contributed by atoms with E-state index in [4.69, 9.17) is 14.2 Å². The Balaban J connectivity index is 1.61. The molecule has 3 aliphatic rings. The summed E-state index contributed by atoms with van der Waals surface area (Å²) < 4.78 is 17.6. The van der Waals surface area contributed by atoms with Crippen LogP contribution >= 0.6 is 0 Å². The fraction of sp³-hybridized carbons (Fsp3) is 0.500. The van der Waals surface area contributed by atoms with Gasteiger partial charge in [0.2, 0.25) is 5.88 Å². The second-order valence-corrected chi connectivity index (χ2v) is 7.92. The zero-order valence-corrected chi connectivity index (χ0v) is 19.5. The maximum absolute atomic E-state index is 13.1. The number of ether oxygens (including phenoxy) is 3. The zero-order chi connectivity index (χ0) is 24.2. The lowest BCUT2D eigenvalue weighted by Crippen LogP contribution is -2.44. The van der Waals surface area contributed by atoms with Crippen LogP contribution in [0.3, 0.4) is 0 Å². The van der Waals surface area contributed by atoms with E-state index >= 15 is 0 Å². The molecule has 0 bridgehead atoms. The number of aryl methyl sites for hydroxylation is 1. The molecule has 0 unspecified atom stereocenters. The van der Waals surface area contributed by atoms with Gasteiger partial charge in [-0.2, -0.15) is 10.2 Å². The monoisotopic (exact) mass is 472 g/mol. The second kappa shape index (κ2) is 10.2. The number of hydrazone groups is 1. The fourth-order valence-electron chi connectivity index (χ4n) is 3.98. The number of amides is 3. The molecule has 4 rings (SSSR count). The smallest absolute Gasteiger partial charge is 0.276 e. The molecule has 2 saturated heterocycles. The predicted octanol–water partition coefficient (Wildman–Crippen LogP) is -0.472. The highest BCUT2D eigenvalue weighted by atomic mass is 16.5. The number of likely N-dealkylation sites (N-methyl/N-ethyl adjacent to an activating group) is 1. The van der Waals surface area contributed by atoms with Crippen LogP contribution in [0.25, 0.3) is 6.08 Å². The van der Waals surface area contributed by atoms with Gasteiger partial charge in [0.1, 0.15) is 0 Å². The molecule has 0 aliphatic carbocycles. The summed E-state index contributed by atoms with van der Waals surface area (Å²) in [7, 11) is 4.69. The standard InChI is InChI=1S/C22H28N6O6/c1-25-19(29)15(17(23-25)20(30)27-7-11-33-12-8-27)5-4-6-16-18(24-26(2)22(16)32-3)21(31)28-9-13-34-14-10-28/h4-6H,7-14H2,1-3H3/b6-4?,15-5-. The van der Waals surface area contributed by atoms with Crippen molar-refractivity contribution in [2.75, 3.05) is 66.8 Å². The molecule has 4 heterocycles. The highest BCUT2D eigenvalue weighted by Crippen LogP contribution is 2.25. The number of aromatic nitrogens is 2. The molecule has 12 heteroatoms. The number of carbonyl (C=O) groups is 3. The quantitative estimate of drug-likeness (QED) is 0.532. The molecule has 1 aromatic rings. The van der Waals surface area contributed by atoms with Crippen LogP contribution < -0.4 is 4.74 Å². The molecular formula is C22H28N6O6. The van der Waals surface area contributed by atoms with Crippen molar-refractivity contribution in [2.24, 2.45) is 12.1 Å². The minimum absolute atomic E-state index is 0.0850. The van der Waals surface area contributed by atoms with Crippen LogP contribution in [-0.2, 0) is 26.1 Å².